The smallest absolute Gasteiger partial charge is 0.277 e. The predicted octanol–water partition coefficient (Wildman–Crippen LogP) is 6.23. The van der Waals surface area contributed by atoms with Crippen LogP contribution in [0.25, 0.3) is 16.9 Å². The number of sulfonamides is 1. The first-order valence-electron chi connectivity index (χ1n) is 14.0. The Morgan fingerprint density at radius 2 is 1.75 bits per heavy atom. The van der Waals surface area contributed by atoms with Crippen molar-refractivity contribution in [1.29, 1.82) is 0 Å². The highest BCUT2D eigenvalue weighted by Gasteiger charge is 2.21. The molecule has 0 radical (unpaired) electrons. The van der Waals surface area contributed by atoms with Gasteiger partial charge < -0.3 is 9.72 Å². The van der Waals surface area contributed by atoms with E-state index in [9.17, 15) is 13.2 Å². The summed E-state index contributed by atoms with van der Waals surface area (Å²) in [5.41, 5.74) is 2.61. The fourth-order valence-corrected chi connectivity index (χ4v) is 5.78. The first kappa shape index (κ1) is 29.3. The molecular formula is C30H39N5O4S. The maximum Gasteiger partial charge on any atom is 0.277 e. The minimum atomic E-state index is -3.93. The second kappa shape index (κ2) is 12.7. The number of ether oxygens (including phenoxy) is 1. The third-order valence-electron chi connectivity index (χ3n) is 6.89. The summed E-state index contributed by atoms with van der Waals surface area (Å²) in [5.74, 6) is 1.68. The van der Waals surface area contributed by atoms with E-state index in [-0.39, 0.29) is 16.3 Å². The quantitative estimate of drug-likeness (QED) is 0.186. The molecule has 10 heteroatoms. The van der Waals surface area contributed by atoms with Gasteiger partial charge in [-0.3, -0.25) is 9.52 Å². The normalized spacial score (nSPS) is 11.8. The molecule has 0 saturated heterocycles. The highest BCUT2D eigenvalue weighted by Crippen LogP contribution is 2.31. The molecule has 9 nitrogen and oxygen atoms in total. The second-order valence-corrected chi connectivity index (χ2v) is 12.0. The number of unbranched alkanes of at least 4 members (excludes halogenated alkanes) is 4. The first-order chi connectivity index (χ1) is 19.1. The van der Waals surface area contributed by atoms with Crippen LogP contribution in [0.1, 0.15) is 82.8 Å². The molecule has 0 saturated carbocycles. The molecular weight excluding hydrogens is 526 g/mol. The SMILES string of the molecule is CCCCCCCc1nc(C)c2c(=O)[nH]c(-c3cc(S(=O)(=O)Nc4ccc(C(C)C)cc4)ccc3OCC)nn12. The molecule has 4 aromatic rings. The maximum atomic E-state index is 13.3. The summed E-state index contributed by atoms with van der Waals surface area (Å²) in [6.07, 6.45) is 6.25. The van der Waals surface area contributed by atoms with Crippen molar-refractivity contribution in [2.24, 2.45) is 0 Å². The van der Waals surface area contributed by atoms with Gasteiger partial charge in [-0.25, -0.2) is 17.9 Å². The van der Waals surface area contributed by atoms with Crippen LogP contribution in [0.5, 0.6) is 5.75 Å². The Kier molecular flexibility index (Phi) is 9.29. The summed E-state index contributed by atoms with van der Waals surface area (Å²) in [5, 5.41) is 4.72. The number of nitrogens with zero attached hydrogens (tertiary/aromatic N) is 3. The molecule has 2 aromatic carbocycles. The van der Waals surface area contributed by atoms with Gasteiger partial charge in [-0.05, 0) is 62.1 Å². The number of hydrogen-bond donors (Lipinski definition) is 2. The molecule has 0 atom stereocenters. The third-order valence-corrected chi connectivity index (χ3v) is 8.27. The van der Waals surface area contributed by atoms with Crippen LogP contribution in [0.4, 0.5) is 5.69 Å². The van der Waals surface area contributed by atoms with Crippen molar-refractivity contribution in [3.05, 3.63) is 69.9 Å². The number of imidazole rings is 1. The van der Waals surface area contributed by atoms with Crippen LogP contribution in [0.15, 0.2) is 52.2 Å². The summed E-state index contributed by atoms with van der Waals surface area (Å²) in [6, 6.07) is 11.9. The summed E-state index contributed by atoms with van der Waals surface area (Å²) in [4.78, 5) is 20.6. The van der Waals surface area contributed by atoms with Gasteiger partial charge in [0.1, 0.15) is 11.6 Å². The topological polar surface area (TPSA) is 118 Å². The first-order valence-corrected chi connectivity index (χ1v) is 15.5. The van der Waals surface area contributed by atoms with Crippen molar-refractivity contribution in [1.82, 2.24) is 19.6 Å². The van der Waals surface area contributed by atoms with E-state index in [2.05, 4.69) is 35.5 Å². The monoisotopic (exact) mass is 565 g/mol. The van der Waals surface area contributed by atoms with E-state index in [0.29, 0.717) is 53.0 Å². The van der Waals surface area contributed by atoms with Crippen LogP contribution in [0.3, 0.4) is 0 Å². The van der Waals surface area contributed by atoms with Crippen molar-refractivity contribution in [3.8, 4) is 17.1 Å². The van der Waals surface area contributed by atoms with Crippen LogP contribution in [0.2, 0.25) is 0 Å². The summed E-state index contributed by atoms with van der Waals surface area (Å²) < 4.78 is 36.7. The Morgan fingerprint density at radius 1 is 1.02 bits per heavy atom. The van der Waals surface area contributed by atoms with Gasteiger partial charge in [-0.15, -0.1) is 5.10 Å². The Morgan fingerprint density at radius 3 is 2.42 bits per heavy atom. The molecule has 2 heterocycles. The molecule has 0 spiro atoms. The zero-order valence-electron chi connectivity index (χ0n) is 24.0. The Labute approximate surface area is 236 Å². The standard InChI is InChI=1S/C30H39N5O4S/c1-6-8-9-10-11-12-27-31-21(5)28-30(36)32-29(33-35(27)28)25-19-24(17-18-26(25)39-7-2)40(37,38)34-23-15-13-22(14-16-23)20(3)4/h13-20,34H,6-12H2,1-5H3,(H,32,33,36). The van der Waals surface area contributed by atoms with Gasteiger partial charge in [0.25, 0.3) is 15.6 Å². The van der Waals surface area contributed by atoms with E-state index in [4.69, 9.17) is 9.84 Å². The fourth-order valence-electron chi connectivity index (χ4n) is 4.70. The molecule has 0 aliphatic carbocycles. The molecule has 214 valence electrons. The molecule has 4 rings (SSSR count). The van der Waals surface area contributed by atoms with Crippen LogP contribution in [-0.4, -0.2) is 34.6 Å². The molecule has 0 bridgehead atoms. The molecule has 40 heavy (non-hydrogen) atoms. The number of aryl methyl sites for hydroxylation is 2. The van der Waals surface area contributed by atoms with Gasteiger partial charge in [0.15, 0.2) is 11.3 Å². The van der Waals surface area contributed by atoms with Crippen molar-refractivity contribution >= 4 is 21.2 Å². The van der Waals surface area contributed by atoms with E-state index in [1.165, 1.54) is 25.0 Å². The number of hydrogen-bond acceptors (Lipinski definition) is 6. The average molecular weight is 566 g/mol. The average Bonchev–Trinajstić information content (AvgIpc) is 3.24. The molecule has 0 unspecified atom stereocenters. The highest BCUT2D eigenvalue weighted by molar-refractivity contribution is 7.92. The molecule has 0 amide bonds. The van der Waals surface area contributed by atoms with Crippen LogP contribution in [-0.2, 0) is 16.4 Å². The lowest BCUT2D eigenvalue weighted by molar-refractivity contribution is 0.341. The zero-order valence-corrected chi connectivity index (χ0v) is 24.8. The minimum Gasteiger partial charge on any atom is -0.493 e. The van der Waals surface area contributed by atoms with E-state index in [1.807, 2.05) is 19.1 Å². The van der Waals surface area contributed by atoms with Crippen molar-refractivity contribution in [2.45, 2.75) is 84.0 Å². The second-order valence-electron chi connectivity index (χ2n) is 10.3. The molecule has 0 aliphatic heterocycles. The number of rotatable bonds is 13. The van der Waals surface area contributed by atoms with Gasteiger partial charge >= 0.3 is 0 Å². The van der Waals surface area contributed by atoms with Crippen molar-refractivity contribution < 1.29 is 13.2 Å². The van der Waals surface area contributed by atoms with Crippen molar-refractivity contribution in [3.63, 3.8) is 0 Å². The number of H-pyrrole nitrogens is 1. The lowest BCUT2D eigenvalue weighted by atomic mass is 10.0. The lowest BCUT2D eigenvalue weighted by Crippen LogP contribution is -2.17. The van der Waals surface area contributed by atoms with E-state index >= 15 is 0 Å². The Balaban J connectivity index is 1.72. The number of aromatic amines is 1. The maximum absolute atomic E-state index is 13.3. The fraction of sp³-hybridized carbons (Fsp3) is 0.433. The van der Waals surface area contributed by atoms with Gasteiger partial charge in [-0.2, -0.15) is 0 Å². The highest BCUT2D eigenvalue weighted by atomic mass is 32.2. The minimum absolute atomic E-state index is 0.0274. The molecule has 0 fully saturated rings. The Bertz CT molecular complexity index is 1620. The molecule has 2 aromatic heterocycles. The summed E-state index contributed by atoms with van der Waals surface area (Å²) in [6.45, 7) is 10.3. The molecule has 2 N–H and O–H groups in total. The molecule has 0 aliphatic rings. The largest absolute Gasteiger partial charge is 0.493 e. The van der Waals surface area contributed by atoms with Gasteiger partial charge in [-0.1, -0.05) is 58.6 Å². The van der Waals surface area contributed by atoms with E-state index < -0.39 is 10.0 Å². The number of anilines is 1. The van der Waals surface area contributed by atoms with Gasteiger partial charge in [0.2, 0.25) is 0 Å². The Hall–Kier alpha value is -3.66. The number of fused-ring (bicyclic) bond motifs is 1. The number of benzene rings is 2. The lowest BCUT2D eigenvalue weighted by Gasteiger charge is -2.14. The van der Waals surface area contributed by atoms with Gasteiger partial charge in [0.05, 0.1) is 22.8 Å². The van der Waals surface area contributed by atoms with Crippen LogP contribution >= 0.6 is 0 Å². The van der Waals surface area contributed by atoms with Crippen LogP contribution in [0, 0.1) is 6.92 Å². The number of nitrogens with one attached hydrogen (secondary N) is 2. The van der Waals surface area contributed by atoms with Gasteiger partial charge in [0, 0.05) is 12.1 Å². The predicted molar refractivity (Wildman–Crippen MR) is 159 cm³/mol. The number of aromatic nitrogens is 4. The van der Waals surface area contributed by atoms with Crippen molar-refractivity contribution in [2.75, 3.05) is 11.3 Å². The third kappa shape index (κ3) is 6.55. The summed E-state index contributed by atoms with van der Waals surface area (Å²) in [7, 11) is -3.93. The van der Waals surface area contributed by atoms with E-state index in [1.54, 1.807) is 29.6 Å². The zero-order chi connectivity index (χ0) is 28.9. The van der Waals surface area contributed by atoms with Crippen LogP contribution < -0.4 is 15.0 Å². The van der Waals surface area contributed by atoms with E-state index in [0.717, 1.165) is 24.8 Å². The summed E-state index contributed by atoms with van der Waals surface area (Å²) >= 11 is 0.